The molecule has 0 aromatic heterocycles. The minimum Gasteiger partial charge on any atom is -0.387 e. The monoisotopic (exact) mass is 279 g/mol. The number of nitrogens with zero attached hydrogens (tertiary/aromatic N) is 1. The van der Waals surface area contributed by atoms with Crippen molar-refractivity contribution in [1.82, 2.24) is 0 Å². The molecular weight excluding hydrogens is 262 g/mol. The maximum absolute atomic E-state index is 12.4. The number of amides is 1. The van der Waals surface area contributed by atoms with Crippen molar-refractivity contribution in [1.29, 1.82) is 5.26 Å². The Kier molecular flexibility index (Phi) is 4.24. The highest BCUT2D eigenvalue weighted by Gasteiger charge is 2.12. The number of anilines is 2. The average molecular weight is 279 g/mol. The average Bonchev–Trinajstić information content (AvgIpc) is 2.49. The number of aryl methyl sites for hydroxylation is 2. The van der Waals surface area contributed by atoms with Gasteiger partial charge in [-0.2, -0.15) is 5.26 Å². The molecule has 0 aliphatic carbocycles. The van der Waals surface area contributed by atoms with Gasteiger partial charge in [0.1, 0.15) is 0 Å². The van der Waals surface area contributed by atoms with E-state index in [0.717, 1.165) is 16.8 Å². The minimum atomic E-state index is -0.197. The zero-order chi connectivity index (χ0) is 15.4. The summed E-state index contributed by atoms with van der Waals surface area (Å²) in [5.74, 6) is -0.197. The molecule has 4 heteroatoms. The van der Waals surface area contributed by atoms with E-state index in [9.17, 15) is 4.79 Å². The summed E-state index contributed by atoms with van der Waals surface area (Å²) in [5.41, 5.74) is 4.53. The molecule has 0 heterocycles. The van der Waals surface area contributed by atoms with Crippen molar-refractivity contribution in [2.24, 2.45) is 0 Å². The standard InChI is InChI=1S/C17H17N3O/c1-11-4-7-14(16(8-11)19-3)17(21)20-15-9-13(10-18)6-5-12(15)2/h4-9,19H,1-3H3,(H,20,21). The van der Waals surface area contributed by atoms with E-state index in [4.69, 9.17) is 5.26 Å². The summed E-state index contributed by atoms with van der Waals surface area (Å²) in [6.45, 7) is 3.87. The van der Waals surface area contributed by atoms with E-state index in [1.54, 1.807) is 25.2 Å². The Labute approximate surface area is 124 Å². The number of benzene rings is 2. The van der Waals surface area contributed by atoms with Gasteiger partial charge in [0.05, 0.1) is 17.2 Å². The highest BCUT2D eigenvalue weighted by molar-refractivity contribution is 6.08. The van der Waals surface area contributed by atoms with Gasteiger partial charge in [-0.25, -0.2) is 0 Å². The van der Waals surface area contributed by atoms with Crippen LogP contribution in [0.1, 0.15) is 27.0 Å². The Balaban J connectivity index is 2.32. The molecule has 0 aliphatic heterocycles. The van der Waals surface area contributed by atoms with Gasteiger partial charge < -0.3 is 10.6 Å². The molecule has 2 rings (SSSR count). The summed E-state index contributed by atoms with van der Waals surface area (Å²) in [5, 5.41) is 14.8. The molecule has 0 atom stereocenters. The predicted octanol–water partition coefficient (Wildman–Crippen LogP) is 3.47. The van der Waals surface area contributed by atoms with Gasteiger partial charge in [0.25, 0.3) is 5.91 Å². The quantitative estimate of drug-likeness (QED) is 0.904. The Hall–Kier alpha value is -2.80. The van der Waals surface area contributed by atoms with Crippen LogP contribution >= 0.6 is 0 Å². The summed E-state index contributed by atoms with van der Waals surface area (Å²) >= 11 is 0. The van der Waals surface area contributed by atoms with E-state index >= 15 is 0 Å². The fourth-order valence-corrected chi connectivity index (χ4v) is 2.08. The van der Waals surface area contributed by atoms with Crippen LogP contribution in [-0.2, 0) is 0 Å². The third-order valence-corrected chi connectivity index (χ3v) is 3.30. The first-order valence-corrected chi connectivity index (χ1v) is 6.65. The van der Waals surface area contributed by atoms with Crippen LogP contribution < -0.4 is 10.6 Å². The van der Waals surface area contributed by atoms with E-state index < -0.39 is 0 Å². The Morgan fingerprint density at radius 1 is 1.10 bits per heavy atom. The second kappa shape index (κ2) is 6.10. The van der Waals surface area contributed by atoms with Crippen LogP contribution in [0.4, 0.5) is 11.4 Å². The molecule has 2 aromatic rings. The lowest BCUT2D eigenvalue weighted by Gasteiger charge is -2.12. The molecule has 0 saturated heterocycles. The second-order valence-corrected chi connectivity index (χ2v) is 4.89. The fraction of sp³-hybridized carbons (Fsp3) is 0.176. The molecule has 2 aromatic carbocycles. The van der Waals surface area contributed by atoms with Gasteiger partial charge in [0, 0.05) is 18.4 Å². The number of hydrogen-bond donors (Lipinski definition) is 2. The topological polar surface area (TPSA) is 64.9 Å². The van der Waals surface area contributed by atoms with Crippen LogP contribution in [0.5, 0.6) is 0 Å². The maximum atomic E-state index is 12.4. The van der Waals surface area contributed by atoms with E-state index in [-0.39, 0.29) is 5.91 Å². The van der Waals surface area contributed by atoms with Crippen molar-refractivity contribution in [3.8, 4) is 6.07 Å². The van der Waals surface area contributed by atoms with Crippen molar-refractivity contribution < 1.29 is 4.79 Å². The molecule has 4 nitrogen and oxygen atoms in total. The fourth-order valence-electron chi connectivity index (χ4n) is 2.08. The summed E-state index contributed by atoms with van der Waals surface area (Å²) in [6.07, 6.45) is 0. The molecule has 106 valence electrons. The second-order valence-electron chi connectivity index (χ2n) is 4.89. The Morgan fingerprint density at radius 3 is 2.52 bits per heavy atom. The summed E-state index contributed by atoms with van der Waals surface area (Å²) < 4.78 is 0. The largest absolute Gasteiger partial charge is 0.387 e. The number of carbonyl (C=O) groups is 1. The molecule has 0 aliphatic rings. The summed E-state index contributed by atoms with van der Waals surface area (Å²) in [7, 11) is 1.78. The number of nitriles is 1. The van der Waals surface area contributed by atoms with Gasteiger partial charge in [-0.05, 0) is 49.2 Å². The van der Waals surface area contributed by atoms with Crippen molar-refractivity contribution in [2.75, 3.05) is 17.7 Å². The van der Waals surface area contributed by atoms with E-state index in [2.05, 4.69) is 16.7 Å². The first-order chi connectivity index (χ1) is 10.0. The molecule has 0 radical (unpaired) electrons. The van der Waals surface area contributed by atoms with Crippen LogP contribution in [0.3, 0.4) is 0 Å². The van der Waals surface area contributed by atoms with Crippen LogP contribution in [0.2, 0.25) is 0 Å². The lowest BCUT2D eigenvalue weighted by Crippen LogP contribution is -2.15. The molecule has 0 saturated carbocycles. The van der Waals surface area contributed by atoms with Crippen molar-refractivity contribution in [3.05, 3.63) is 58.7 Å². The number of hydrogen-bond acceptors (Lipinski definition) is 3. The lowest BCUT2D eigenvalue weighted by molar-refractivity contribution is 0.102. The zero-order valence-corrected chi connectivity index (χ0v) is 12.3. The van der Waals surface area contributed by atoms with E-state index in [0.29, 0.717) is 16.8 Å². The lowest BCUT2D eigenvalue weighted by atomic mass is 10.1. The number of carbonyl (C=O) groups excluding carboxylic acids is 1. The highest BCUT2D eigenvalue weighted by Crippen LogP contribution is 2.21. The van der Waals surface area contributed by atoms with Gasteiger partial charge >= 0.3 is 0 Å². The van der Waals surface area contributed by atoms with Crippen LogP contribution in [0, 0.1) is 25.2 Å². The van der Waals surface area contributed by atoms with Crippen molar-refractivity contribution >= 4 is 17.3 Å². The first-order valence-electron chi connectivity index (χ1n) is 6.65. The summed E-state index contributed by atoms with van der Waals surface area (Å²) in [6, 6.07) is 12.9. The maximum Gasteiger partial charge on any atom is 0.257 e. The van der Waals surface area contributed by atoms with Crippen molar-refractivity contribution in [3.63, 3.8) is 0 Å². The highest BCUT2D eigenvalue weighted by atomic mass is 16.1. The number of rotatable bonds is 3. The van der Waals surface area contributed by atoms with E-state index in [1.807, 2.05) is 32.0 Å². The molecule has 0 fully saturated rings. The minimum absolute atomic E-state index is 0.197. The smallest absolute Gasteiger partial charge is 0.257 e. The molecular formula is C17H17N3O. The summed E-state index contributed by atoms with van der Waals surface area (Å²) in [4.78, 5) is 12.4. The molecule has 1 amide bonds. The normalized spacial score (nSPS) is 9.81. The van der Waals surface area contributed by atoms with Crippen LogP contribution in [0.15, 0.2) is 36.4 Å². The molecule has 0 bridgehead atoms. The third-order valence-electron chi connectivity index (χ3n) is 3.30. The van der Waals surface area contributed by atoms with Gasteiger partial charge in [-0.15, -0.1) is 0 Å². The molecule has 21 heavy (non-hydrogen) atoms. The molecule has 0 spiro atoms. The zero-order valence-electron chi connectivity index (χ0n) is 12.3. The predicted molar refractivity (Wildman–Crippen MR) is 84.6 cm³/mol. The molecule has 0 unspecified atom stereocenters. The Bertz CT molecular complexity index is 729. The molecule has 2 N–H and O–H groups in total. The van der Waals surface area contributed by atoms with Crippen molar-refractivity contribution in [2.45, 2.75) is 13.8 Å². The van der Waals surface area contributed by atoms with Crippen LogP contribution in [0.25, 0.3) is 0 Å². The first kappa shape index (κ1) is 14.6. The van der Waals surface area contributed by atoms with Gasteiger partial charge in [-0.1, -0.05) is 12.1 Å². The Morgan fingerprint density at radius 2 is 1.86 bits per heavy atom. The third kappa shape index (κ3) is 3.21. The van der Waals surface area contributed by atoms with Gasteiger partial charge in [-0.3, -0.25) is 4.79 Å². The van der Waals surface area contributed by atoms with E-state index in [1.165, 1.54) is 0 Å². The number of nitrogens with one attached hydrogen (secondary N) is 2. The van der Waals surface area contributed by atoms with Crippen LogP contribution in [-0.4, -0.2) is 13.0 Å². The van der Waals surface area contributed by atoms with Gasteiger partial charge in [0.15, 0.2) is 0 Å². The SMILES string of the molecule is CNc1cc(C)ccc1C(=O)Nc1cc(C#N)ccc1C. The van der Waals surface area contributed by atoms with Gasteiger partial charge in [0.2, 0.25) is 0 Å².